The van der Waals surface area contributed by atoms with E-state index in [4.69, 9.17) is 11.1 Å². The summed E-state index contributed by atoms with van der Waals surface area (Å²) in [6, 6.07) is 30.0. The summed E-state index contributed by atoms with van der Waals surface area (Å²) in [7, 11) is -2.47. The van der Waals surface area contributed by atoms with Gasteiger partial charge in [-0.05, 0) is 33.5 Å². The summed E-state index contributed by atoms with van der Waals surface area (Å²) >= 11 is 7.42. The van der Waals surface area contributed by atoms with Crippen molar-refractivity contribution in [2.45, 2.75) is 26.2 Å². The van der Waals surface area contributed by atoms with Crippen molar-refractivity contribution in [3.05, 3.63) is 90.5 Å². The van der Waals surface area contributed by atoms with E-state index in [9.17, 15) is 0 Å². The van der Waals surface area contributed by atoms with Gasteiger partial charge in [0.15, 0.2) is 0 Å². The summed E-state index contributed by atoms with van der Waals surface area (Å²) in [6.07, 6.45) is 1.15. The van der Waals surface area contributed by atoms with Crippen LogP contribution in [0, 0.1) is 0 Å². The van der Waals surface area contributed by atoms with Crippen molar-refractivity contribution in [1.29, 1.82) is 0 Å². The number of halogens is 1. The van der Waals surface area contributed by atoms with Crippen LogP contribution in [-0.2, 0) is 0 Å². The van der Waals surface area contributed by atoms with Gasteiger partial charge in [0.1, 0.15) is 0 Å². The first-order chi connectivity index (χ1) is 11.7. The molecule has 1 atom stereocenters. The van der Waals surface area contributed by atoms with Gasteiger partial charge >= 0.3 is 0 Å². The lowest BCUT2D eigenvalue weighted by molar-refractivity contribution is 0.734. The molecule has 0 aromatic heterocycles. The fourth-order valence-electron chi connectivity index (χ4n) is 3.11. The van der Waals surface area contributed by atoms with Gasteiger partial charge in [0, 0.05) is 0 Å². The topological polar surface area (TPSA) is 0 Å². The normalized spacial score (nSPS) is 12.8. The second-order valence-corrected chi connectivity index (χ2v) is 11.1. The Morgan fingerprint density at radius 1 is 0.708 bits per heavy atom. The Bertz CT molecular complexity index is 727. The molecule has 0 aliphatic heterocycles. The SMILES string of the molecule is CCC(C)c1ccc([Si](Cl)(c2ccccc2)c2ccccc2)cc1. The molecule has 1 unspecified atom stereocenters. The van der Waals surface area contributed by atoms with E-state index in [0.717, 1.165) is 6.42 Å². The highest BCUT2D eigenvalue weighted by Crippen LogP contribution is 2.19. The fourth-order valence-corrected chi connectivity index (χ4v) is 7.18. The van der Waals surface area contributed by atoms with E-state index < -0.39 is 7.38 Å². The quantitative estimate of drug-likeness (QED) is 0.363. The van der Waals surface area contributed by atoms with Crippen LogP contribution < -0.4 is 15.6 Å². The summed E-state index contributed by atoms with van der Waals surface area (Å²) in [5, 5.41) is 3.71. The number of benzene rings is 3. The van der Waals surface area contributed by atoms with Crippen molar-refractivity contribution in [2.75, 3.05) is 0 Å². The third kappa shape index (κ3) is 3.19. The molecule has 2 heteroatoms. The standard InChI is InChI=1S/C22H23ClSi/c1-3-18(2)19-14-16-22(17-15-19)24(23,20-10-6-4-7-11-20)21-12-8-5-9-13-21/h4-18H,3H2,1-2H3. The summed E-state index contributed by atoms with van der Waals surface area (Å²) in [4.78, 5) is 0. The number of rotatable bonds is 5. The van der Waals surface area contributed by atoms with Gasteiger partial charge in [-0.3, -0.25) is 0 Å². The van der Waals surface area contributed by atoms with Crippen molar-refractivity contribution >= 4 is 34.0 Å². The number of hydrogen-bond donors (Lipinski definition) is 0. The Hall–Kier alpha value is -1.83. The van der Waals surface area contributed by atoms with E-state index in [2.05, 4.69) is 86.6 Å². The molecule has 0 radical (unpaired) electrons. The summed E-state index contributed by atoms with van der Waals surface area (Å²) in [6.45, 7) is 4.50. The molecule has 0 saturated heterocycles. The zero-order valence-corrected chi connectivity index (χ0v) is 16.0. The number of hydrogen-bond acceptors (Lipinski definition) is 0. The minimum atomic E-state index is -2.47. The lowest BCUT2D eigenvalue weighted by atomic mass is 9.99. The highest BCUT2D eigenvalue weighted by Gasteiger charge is 2.37. The van der Waals surface area contributed by atoms with Crippen LogP contribution in [0.3, 0.4) is 0 Å². The highest BCUT2D eigenvalue weighted by atomic mass is 35.6. The molecule has 122 valence electrons. The Kier molecular flexibility index (Phi) is 5.23. The van der Waals surface area contributed by atoms with Crippen LogP contribution in [-0.4, -0.2) is 7.38 Å². The van der Waals surface area contributed by atoms with Crippen molar-refractivity contribution < 1.29 is 0 Å². The van der Waals surface area contributed by atoms with Crippen LogP contribution in [0.4, 0.5) is 0 Å². The molecule has 0 aliphatic rings. The van der Waals surface area contributed by atoms with E-state index in [1.54, 1.807) is 0 Å². The first kappa shape index (κ1) is 17.0. The fraction of sp³-hybridized carbons (Fsp3) is 0.182. The molecule has 0 bridgehead atoms. The van der Waals surface area contributed by atoms with Crippen molar-refractivity contribution in [3.8, 4) is 0 Å². The zero-order valence-electron chi connectivity index (χ0n) is 14.2. The van der Waals surface area contributed by atoms with Gasteiger partial charge in [-0.2, -0.15) is 0 Å². The van der Waals surface area contributed by atoms with Gasteiger partial charge in [-0.1, -0.05) is 98.8 Å². The Balaban J connectivity index is 2.12. The molecule has 0 spiro atoms. The summed E-state index contributed by atoms with van der Waals surface area (Å²) < 4.78 is 0. The largest absolute Gasteiger partial charge is 0.247 e. The average molecular weight is 351 g/mol. The van der Waals surface area contributed by atoms with Gasteiger partial charge in [0.25, 0.3) is 0 Å². The predicted octanol–water partition coefficient (Wildman–Crippen LogP) is 4.41. The van der Waals surface area contributed by atoms with Gasteiger partial charge in [-0.25, -0.2) is 0 Å². The first-order valence-corrected chi connectivity index (χ1v) is 11.6. The van der Waals surface area contributed by atoms with Crippen LogP contribution in [0.25, 0.3) is 0 Å². The molecular weight excluding hydrogens is 328 g/mol. The Morgan fingerprint density at radius 2 is 1.12 bits per heavy atom. The molecule has 0 aliphatic carbocycles. The summed E-state index contributed by atoms with van der Waals surface area (Å²) in [5.41, 5.74) is 1.38. The third-order valence-corrected chi connectivity index (χ3v) is 10.2. The van der Waals surface area contributed by atoms with Gasteiger partial charge in [0.05, 0.1) is 0 Å². The molecule has 0 N–H and O–H groups in total. The molecule has 0 amide bonds. The Labute approximate surface area is 150 Å². The average Bonchev–Trinajstić information content (AvgIpc) is 2.68. The van der Waals surface area contributed by atoms with E-state index in [0.29, 0.717) is 5.92 Å². The van der Waals surface area contributed by atoms with Crippen molar-refractivity contribution in [3.63, 3.8) is 0 Å². The van der Waals surface area contributed by atoms with Crippen molar-refractivity contribution in [1.82, 2.24) is 0 Å². The van der Waals surface area contributed by atoms with Crippen LogP contribution in [0.5, 0.6) is 0 Å². The van der Waals surface area contributed by atoms with Gasteiger partial charge < -0.3 is 0 Å². The molecule has 24 heavy (non-hydrogen) atoms. The molecule has 0 saturated carbocycles. The molecular formula is C22H23ClSi. The molecule has 0 heterocycles. The molecule has 3 aromatic rings. The minimum absolute atomic E-state index is 0.582. The van der Waals surface area contributed by atoms with Crippen LogP contribution in [0.1, 0.15) is 31.7 Å². The van der Waals surface area contributed by atoms with E-state index >= 15 is 0 Å². The van der Waals surface area contributed by atoms with Crippen LogP contribution >= 0.6 is 11.1 Å². The van der Waals surface area contributed by atoms with E-state index in [1.165, 1.54) is 21.1 Å². The lowest BCUT2D eigenvalue weighted by Crippen LogP contribution is -2.62. The van der Waals surface area contributed by atoms with Gasteiger partial charge in [-0.15, -0.1) is 11.1 Å². The zero-order chi connectivity index (χ0) is 17.0. The first-order valence-electron chi connectivity index (χ1n) is 8.56. The smallest absolute Gasteiger partial charge is 0.149 e. The molecule has 3 rings (SSSR count). The lowest BCUT2D eigenvalue weighted by Gasteiger charge is -2.27. The monoisotopic (exact) mass is 350 g/mol. The second-order valence-electron chi connectivity index (χ2n) is 6.32. The molecule has 0 nitrogen and oxygen atoms in total. The van der Waals surface area contributed by atoms with E-state index in [-0.39, 0.29) is 0 Å². The highest BCUT2D eigenvalue weighted by molar-refractivity contribution is 7.40. The maximum atomic E-state index is 7.42. The van der Waals surface area contributed by atoms with Crippen molar-refractivity contribution in [2.24, 2.45) is 0 Å². The minimum Gasteiger partial charge on any atom is -0.149 e. The van der Waals surface area contributed by atoms with Crippen LogP contribution in [0.15, 0.2) is 84.9 Å². The molecule has 3 aromatic carbocycles. The predicted molar refractivity (Wildman–Crippen MR) is 109 cm³/mol. The second kappa shape index (κ2) is 7.37. The van der Waals surface area contributed by atoms with E-state index in [1.807, 2.05) is 12.1 Å². The maximum absolute atomic E-state index is 7.42. The maximum Gasteiger partial charge on any atom is 0.247 e. The summed E-state index contributed by atoms with van der Waals surface area (Å²) in [5.74, 6) is 0.582. The van der Waals surface area contributed by atoms with Gasteiger partial charge in [0.2, 0.25) is 7.38 Å². The third-order valence-electron chi connectivity index (χ3n) is 4.83. The Morgan fingerprint density at radius 3 is 1.54 bits per heavy atom. The van der Waals surface area contributed by atoms with Crippen LogP contribution in [0.2, 0.25) is 0 Å². The molecule has 0 fully saturated rings.